The summed E-state index contributed by atoms with van der Waals surface area (Å²) in [5.74, 6) is -0.142. The van der Waals surface area contributed by atoms with Crippen molar-refractivity contribution in [2.45, 2.75) is 29.6 Å². The zero-order valence-electron chi connectivity index (χ0n) is 15.3. The number of carbonyl (C=O) groups is 2. The minimum Gasteiger partial charge on any atom is -0.324 e. The Labute approximate surface area is 168 Å². The monoisotopic (exact) mass is 419 g/mol. The van der Waals surface area contributed by atoms with Crippen molar-refractivity contribution in [3.05, 3.63) is 48.0 Å². The van der Waals surface area contributed by atoms with Crippen LogP contribution in [0.3, 0.4) is 0 Å². The number of rotatable bonds is 7. The molecule has 7 nitrogen and oxygen atoms in total. The number of nitrogens with one attached hydrogen (secondary N) is 3. The first-order valence-corrected chi connectivity index (χ1v) is 11.3. The van der Waals surface area contributed by atoms with E-state index in [-0.39, 0.29) is 16.7 Å². The maximum atomic E-state index is 12.6. The van der Waals surface area contributed by atoms with Crippen LogP contribution >= 0.6 is 11.8 Å². The van der Waals surface area contributed by atoms with Gasteiger partial charge >= 0.3 is 0 Å². The molecule has 0 atom stereocenters. The highest BCUT2D eigenvalue weighted by Gasteiger charge is 2.18. The Morgan fingerprint density at radius 3 is 2.82 bits per heavy atom. The molecule has 2 aromatic rings. The van der Waals surface area contributed by atoms with Crippen molar-refractivity contribution >= 4 is 45.0 Å². The lowest BCUT2D eigenvalue weighted by Gasteiger charge is -2.17. The van der Waals surface area contributed by atoms with E-state index in [4.69, 9.17) is 0 Å². The molecule has 1 heterocycles. The maximum absolute atomic E-state index is 12.6. The predicted octanol–water partition coefficient (Wildman–Crippen LogP) is 3.06. The summed E-state index contributed by atoms with van der Waals surface area (Å²) >= 11 is 1.42. The van der Waals surface area contributed by atoms with Crippen LogP contribution in [0.15, 0.2) is 52.3 Å². The molecule has 0 aliphatic carbocycles. The summed E-state index contributed by atoms with van der Waals surface area (Å²) in [5, 5.41) is 5.45. The van der Waals surface area contributed by atoms with Crippen molar-refractivity contribution in [1.82, 2.24) is 4.72 Å². The largest absolute Gasteiger partial charge is 0.324 e. The van der Waals surface area contributed by atoms with Crippen molar-refractivity contribution in [2.24, 2.45) is 0 Å². The number of sulfonamides is 1. The van der Waals surface area contributed by atoms with Crippen molar-refractivity contribution in [3.8, 4) is 0 Å². The van der Waals surface area contributed by atoms with Crippen LogP contribution in [0.5, 0.6) is 0 Å². The van der Waals surface area contributed by atoms with E-state index in [0.29, 0.717) is 29.2 Å². The summed E-state index contributed by atoms with van der Waals surface area (Å²) < 4.78 is 27.2. The molecule has 2 amide bonds. The van der Waals surface area contributed by atoms with Gasteiger partial charge in [-0.1, -0.05) is 19.4 Å². The molecule has 0 radical (unpaired) electrons. The van der Waals surface area contributed by atoms with Gasteiger partial charge in [-0.05, 0) is 42.8 Å². The molecule has 0 fully saturated rings. The third-order valence-electron chi connectivity index (χ3n) is 4.10. The minimum absolute atomic E-state index is 0.0931. The SMILES string of the molecule is CCCCNS(=O)(=O)c1cccc(NC(=O)c2ccc3c(c2)NC(=O)CS3)c1. The van der Waals surface area contributed by atoms with Crippen LogP contribution in [0.25, 0.3) is 0 Å². The second-order valence-electron chi connectivity index (χ2n) is 6.28. The Bertz CT molecular complexity index is 1010. The van der Waals surface area contributed by atoms with Gasteiger partial charge in [0, 0.05) is 22.7 Å². The average Bonchev–Trinajstić information content (AvgIpc) is 2.67. The van der Waals surface area contributed by atoms with E-state index in [1.807, 2.05) is 6.92 Å². The Kier molecular flexibility index (Phi) is 6.38. The molecule has 0 saturated heterocycles. The van der Waals surface area contributed by atoms with Crippen molar-refractivity contribution in [2.75, 3.05) is 22.9 Å². The van der Waals surface area contributed by atoms with E-state index in [1.165, 1.54) is 23.9 Å². The lowest BCUT2D eigenvalue weighted by atomic mass is 10.1. The summed E-state index contributed by atoms with van der Waals surface area (Å²) in [6.45, 7) is 2.35. The molecule has 0 unspecified atom stereocenters. The lowest BCUT2D eigenvalue weighted by molar-refractivity contribution is -0.113. The second-order valence-corrected chi connectivity index (χ2v) is 9.07. The van der Waals surface area contributed by atoms with Gasteiger partial charge in [-0.2, -0.15) is 0 Å². The topological polar surface area (TPSA) is 104 Å². The van der Waals surface area contributed by atoms with E-state index >= 15 is 0 Å². The molecule has 3 N–H and O–H groups in total. The Hall–Kier alpha value is -2.36. The number of benzene rings is 2. The Morgan fingerprint density at radius 2 is 2.04 bits per heavy atom. The summed E-state index contributed by atoms with van der Waals surface area (Å²) in [5.41, 5.74) is 1.35. The smallest absolute Gasteiger partial charge is 0.255 e. The second kappa shape index (κ2) is 8.76. The molecule has 0 bridgehead atoms. The van der Waals surface area contributed by atoms with Crippen LogP contribution in [-0.2, 0) is 14.8 Å². The highest BCUT2D eigenvalue weighted by molar-refractivity contribution is 8.00. The third kappa shape index (κ3) is 4.92. The summed E-state index contributed by atoms with van der Waals surface area (Å²) in [6, 6.07) is 11.2. The normalized spacial score (nSPS) is 13.5. The van der Waals surface area contributed by atoms with Crippen LogP contribution in [0.1, 0.15) is 30.1 Å². The van der Waals surface area contributed by atoms with E-state index in [9.17, 15) is 18.0 Å². The summed E-state index contributed by atoms with van der Waals surface area (Å²) in [4.78, 5) is 25.1. The number of carbonyl (C=O) groups excluding carboxylic acids is 2. The van der Waals surface area contributed by atoms with Gasteiger partial charge in [0.25, 0.3) is 5.91 Å². The average molecular weight is 420 g/mol. The fourth-order valence-electron chi connectivity index (χ4n) is 2.64. The molecule has 0 spiro atoms. The number of hydrogen-bond donors (Lipinski definition) is 3. The molecule has 0 saturated carbocycles. The highest BCUT2D eigenvalue weighted by Crippen LogP contribution is 2.32. The van der Waals surface area contributed by atoms with Gasteiger partial charge in [-0.15, -0.1) is 11.8 Å². The molecule has 28 heavy (non-hydrogen) atoms. The molecule has 9 heteroatoms. The van der Waals surface area contributed by atoms with Gasteiger partial charge < -0.3 is 10.6 Å². The Balaban J connectivity index is 1.74. The van der Waals surface area contributed by atoms with Gasteiger partial charge in [0.05, 0.1) is 16.3 Å². The number of hydrogen-bond acceptors (Lipinski definition) is 5. The van der Waals surface area contributed by atoms with Crippen molar-refractivity contribution in [1.29, 1.82) is 0 Å². The van der Waals surface area contributed by atoms with Crippen LogP contribution in [0, 0.1) is 0 Å². The summed E-state index contributed by atoms with van der Waals surface area (Å²) in [6.07, 6.45) is 1.64. The number of anilines is 2. The molecular formula is C19H21N3O4S2. The molecule has 1 aliphatic heterocycles. The van der Waals surface area contributed by atoms with Gasteiger partial charge in [-0.25, -0.2) is 13.1 Å². The van der Waals surface area contributed by atoms with Crippen LogP contribution in [0.4, 0.5) is 11.4 Å². The fraction of sp³-hybridized carbons (Fsp3) is 0.263. The minimum atomic E-state index is -3.63. The third-order valence-corrected chi connectivity index (χ3v) is 6.63. The first kappa shape index (κ1) is 20.4. The number of fused-ring (bicyclic) bond motifs is 1. The molecule has 3 rings (SSSR count). The Morgan fingerprint density at radius 1 is 1.21 bits per heavy atom. The highest BCUT2D eigenvalue weighted by atomic mass is 32.2. The van der Waals surface area contributed by atoms with Gasteiger partial charge in [-0.3, -0.25) is 9.59 Å². The van der Waals surface area contributed by atoms with Gasteiger partial charge in [0.1, 0.15) is 0 Å². The molecular weight excluding hydrogens is 398 g/mol. The molecule has 1 aliphatic rings. The van der Waals surface area contributed by atoms with Gasteiger partial charge in [0.15, 0.2) is 0 Å². The van der Waals surface area contributed by atoms with Crippen LogP contribution in [0.2, 0.25) is 0 Å². The van der Waals surface area contributed by atoms with Gasteiger partial charge in [0.2, 0.25) is 15.9 Å². The number of unbranched alkanes of at least 4 members (excludes halogenated alkanes) is 1. The van der Waals surface area contributed by atoms with Crippen LogP contribution in [-0.4, -0.2) is 32.5 Å². The predicted molar refractivity (Wildman–Crippen MR) is 110 cm³/mol. The van der Waals surface area contributed by atoms with E-state index in [1.54, 1.807) is 30.3 Å². The first-order valence-electron chi connectivity index (χ1n) is 8.87. The van der Waals surface area contributed by atoms with E-state index in [2.05, 4.69) is 15.4 Å². The number of amides is 2. The maximum Gasteiger partial charge on any atom is 0.255 e. The first-order chi connectivity index (χ1) is 13.4. The molecule has 0 aromatic heterocycles. The quantitative estimate of drug-likeness (QED) is 0.599. The van der Waals surface area contributed by atoms with Crippen molar-refractivity contribution in [3.63, 3.8) is 0 Å². The van der Waals surface area contributed by atoms with Crippen LogP contribution < -0.4 is 15.4 Å². The molecule has 2 aromatic carbocycles. The van der Waals surface area contributed by atoms with E-state index < -0.39 is 10.0 Å². The van der Waals surface area contributed by atoms with Crippen molar-refractivity contribution < 1.29 is 18.0 Å². The summed E-state index contributed by atoms with van der Waals surface area (Å²) in [7, 11) is -3.63. The van der Waals surface area contributed by atoms with E-state index in [0.717, 1.165) is 17.7 Å². The fourth-order valence-corrected chi connectivity index (χ4v) is 4.54. The number of thioether (sulfide) groups is 1. The zero-order valence-corrected chi connectivity index (χ0v) is 17.0. The molecule has 148 valence electrons. The standard InChI is InChI=1S/C19H21N3O4S2/c1-2-3-9-20-28(25,26)15-6-4-5-14(11-15)21-19(24)13-7-8-17-16(10-13)22-18(23)12-27-17/h4-8,10-11,20H,2-3,9,12H2,1H3,(H,21,24)(H,22,23). The zero-order chi connectivity index (χ0) is 20.1. The lowest BCUT2D eigenvalue weighted by Crippen LogP contribution is -2.25.